The zero-order valence-corrected chi connectivity index (χ0v) is 16.6. The molecule has 26 heavy (non-hydrogen) atoms. The van der Waals surface area contributed by atoms with Gasteiger partial charge in [-0.15, -0.1) is 11.3 Å². The summed E-state index contributed by atoms with van der Waals surface area (Å²) in [7, 11) is 0. The Morgan fingerprint density at radius 1 is 1.31 bits per heavy atom. The molecule has 0 unspecified atom stereocenters. The fraction of sp³-hybridized carbons (Fsp3) is 0.389. The van der Waals surface area contributed by atoms with Crippen molar-refractivity contribution in [2.24, 2.45) is 5.92 Å². The van der Waals surface area contributed by atoms with Gasteiger partial charge in [0.05, 0.1) is 5.69 Å². The molecule has 0 aliphatic rings. The zero-order valence-electron chi connectivity index (χ0n) is 15.0. The Bertz CT molecular complexity index is 746. The number of carbonyl (C=O) groups excluding carboxylic acids is 2. The average molecular weight is 396 g/mol. The summed E-state index contributed by atoms with van der Waals surface area (Å²) in [5, 5.41) is 5.70. The van der Waals surface area contributed by atoms with Crippen LogP contribution in [0, 0.1) is 12.8 Å². The maximum atomic E-state index is 12.5. The Morgan fingerprint density at radius 3 is 2.58 bits per heavy atom. The van der Waals surface area contributed by atoms with Gasteiger partial charge >= 0.3 is 0 Å². The molecule has 0 saturated carbocycles. The van der Waals surface area contributed by atoms with Crippen molar-refractivity contribution >= 4 is 39.9 Å². The highest BCUT2D eigenvalue weighted by Gasteiger charge is 2.19. The normalized spacial score (nSPS) is 10.7. The van der Waals surface area contributed by atoms with Crippen LogP contribution in [0.25, 0.3) is 0 Å². The Kier molecular flexibility index (Phi) is 7.41. The number of thiazole rings is 1. The molecule has 1 aromatic heterocycles. The van der Waals surface area contributed by atoms with Crippen LogP contribution in [-0.2, 0) is 9.59 Å². The van der Waals surface area contributed by atoms with E-state index in [9.17, 15) is 9.59 Å². The first kappa shape index (κ1) is 20.2. The van der Waals surface area contributed by atoms with Crippen LogP contribution in [0.15, 0.2) is 29.6 Å². The van der Waals surface area contributed by atoms with Crippen molar-refractivity contribution in [1.29, 1.82) is 0 Å². The second-order valence-corrected chi connectivity index (χ2v) is 7.55. The SMILES string of the molecule is Cc1csc(NC(=O)CN(CC(C)C)C(=O)COc2ccc(Cl)cc2)n1. The van der Waals surface area contributed by atoms with Gasteiger partial charge in [0, 0.05) is 16.9 Å². The standard InChI is InChI=1S/C18H22ClN3O3S/c1-12(2)8-22(9-16(23)21-18-20-13(3)11-26-18)17(24)10-25-15-6-4-14(19)5-7-15/h4-7,11-12H,8-10H2,1-3H3,(H,20,21,23). The minimum absolute atomic E-state index is 0.0420. The molecule has 2 rings (SSSR count). The summed E-state index contributed by atoms with van der Waals surface area (Å²) in [4.78, 5) is 30.4. The third-order valence-electron chi connectivity index (χ3n) is 3.31. The van der Waals surface area contributed by atoms with Gasteiger partial charge in [-0.05, 0) is 37.1 Å². The predicted octanol–water partition coefficient (Wildman–Crippen LogP) is 3.61. The number of amides is 2. The first-order valence-corrected chi connectivity index (χ1v) is 9.47. The molecule has 0 aliphatic heterocycles. The number of anilines is 1. The molecule has 0 aliphatic carbocycles. The Morgan fingerprint density at radius 2 is 2.00 bits per heavy atom. The van der Waals surface area contributed by atoms with Crippen molar-refractivity contribution in [3.63, 3.8) is 0 Å². The van der Waals surface area contributed by atoms with E-state index in [1.54, 1.807) is 24.3 Å². The number of rotatable bonds is 8. The lowest BCUT2D eigenvalue weighted by molar-refractivity contribution is -0.137. The molecule has 6 nitrogen and oxygen atoms in total. The van der Waals surface area contributed by atoms with Gasteiger partial charge in [0.25, 0.3) is 5.91 Å². The average Bonchev–Trinajstić information content (AvgIpc) is 2.97. The highest BCUT2D eigenvalue weighted by molar-refractivity contribution is 7.13. The number of hydrogen-bond acceptors (Lipinski definition) is 5. The van der Waals surface area contributed by atoms with Crippen molar-refractivity contribution in [3.8, 4) is 5.75 Å². The Balaban J connectivity index is 1.92. The molecular formula is C18H22ClN3O3S. The van der Waals surface area contributed by atoms with Gasteiger partial charge in [-0.1, -0.05) is 25.4 Å². The molecule has 2 aromatic rings. The Labute approximate surface area is 162 Å². The van der Waals surface area contributed by atoms with Crippen molar-refractivity contribution in [3.05, 3.63) is 40.4 Å². The molecule has 0 atom stereocenters. The van der Waals surface area contributed by atoms with E-state index >= 15 is 0 Å². The summed E-state index contributed by atoms with van der Waals surface area (Å²) in [5.74, 6) is 0.248. The molecule has 1 N–H and O–H groups in total. The van der Waals surface area contributed by atoms with Gasteiger partial charge in [-0.2, -0.15) is 0 Å². The maximum absolute atomic E-state index is 12.5. The van der Waals surface area contributed by atoms with Crippen LogP contribution in [0.5, 0.6) is 5.75 Å². The van der Waals surface area contributed by atoms with E-state index in [2.05, 4.69) is 10.3 Å². The Hall–Kier alpha value is -2.12. The molecule has 0 spiro atoms. The van der Waals surface area contributed by atoms with Gasteiger partial charge in [0.2, 0.25) is 5.91 Å². The number of halogens is 1. The first-order valence-electron chi connectivity index (χ1n) is 8.21. The minimum atomic E-state index is -0.278. The fourth-order valence-electron chi connectivity index (χ4n) is 2.21. The van der Waals surface area contributed by atoms with Crippen molar-refractivity contribution in [1.82, 2.24) is 9.88 Å². The smallest absolute Gasteiger partial charge is 0.260 e. The van der Waals surface area contributed by atoms with E-state index in [0.717, 1.165) is 5.69 Å². The van der Waals surface area contributed by atoms with E-state index in [1.807, 2.05) is 26.2 Å². The van der Waals surface area contributed by atoms with Crippen LogP contribution in [0.2, 0.25) is 5.02 Å². The molecule has 0 bridgehead atoms. The van der Waals surface area contributed by atoms with Crippen molar-refractivity contribution < 1.29 is 14.3 Å². The predicted molar refractivity (Wildman–Crippen MR) is 104 cm³/mol. The third-order valence-corrected chi connectivity index (χ3v) is 4.44. The zero-order chi connectivity index (χ0) is 19.1. The van der Waals surface area contributed by atoms with E-state index < -0.39 is 0 Å². The number of ether oxygens (including phenoxy) is 1. The quantitative estimate of drug-likeness (QED) is 0.741. The summed E-state index contributed by atoms with van der Waals surface area (Å²) in [6.07, 6.45) is 0. The van der Waals surface area contributed by atoms with E-state index in [1.165, 1.54) is 16.2 Å². The van der Waals surface area contributed by atoms with E-state index in [4.69, 9.17) is 16.3 Å². The lowest BCUT2D eigenvalue weighted by atomic mass is 10.2. The van der Waals surface area contributed by atoms with Gasteiger partial charge in [-0.3, -0.25) is 9.59 Å². The molecule has 2 amide bonds. The summed E-state index contributed by atoms with van der Waals surface area (Å²) in [5.41, 5.74) is 0.844. The number of aryl methyl sites for hydroxylation is 1. The van der Waals surface area contributed by atoms with Crippen molar-refractivity contribution in [2.75, 3.05) is 25.0 Å². The number of carbonyl (C=O) groups is 2. The van der Waals surface area contributed by atoms with Crippen LogP contribution in [0.4, 0.5) is 5.13 Å². The molecule has 1 heterocycles. The van der Waals surface area contributed by atoms with Gasteiger partial charge in [-0.25, -0.2) is 4.98 Å². The molecular weight excluding hydrogens is 374 g/mol. The highest BCUT2D eigenvalue weighted by atomic mass is 35.5. The van der Waals surface area contributed by atoms with Crippen LogP contribution in [0.3, 0.4) is 0 Å². The summed E-state index contributed by atoms with van der Waals surface area (Å²) in [6, 6.07) is 6.77. The monoisotopic (exact) mass is 395 g/mol. The highest BCUT2D eigenvalue weighted by Crippen LogP contribution is 2.16. The molecule has 0 radical (unpaired) electrons. The number of nitrogens with zero attached hydrogens (tertiary/aromatic N) is 2. The molecule has 0 fully saturated rings. The van der Waals surface area contributed by atoms with Gasteiger partial charge in [0.1, 0.15) is 12.3 Å². The van der Waals surface area contributed by atoms with Crippen molar-refractivity contribution in [2.45, 2.75) is 20.8 Å². The summed E-state index contributed by atoms with van der Waals surface area (Å²) >= 11 is 7.18. The number of aromatic nitrogens is 1. The number of nitrogens with one attached hydrogen (secondary N) is 1. The lowest BCUT2D eigenvalue weighted by Crippen LogP contribution is -2.42. The van der Waals surface area contributed by atoms with Gasteiger partial charge < -0.3 is 15.0 Å². The van der Waals surface area contributed by atoms with E-state index in [-0.39, 0.29) is 30.9 Å². The van der Waals surface area contributed by atoms with Gasteiger partial charge in [0.15, 0.2) is 11.7 Å². The minimum Gasteiger partial charge on any atom is -0.484 e. The first-order chi connectivity index (χ1) is 12.3. The van der Waals surface area contributed by atoms with Crippen LogP contribution in [-0.4, -0.2) is 41.4 Å². The number of hydrogen-bond donors (Lipinski definition) is 1. The largest absolute Gasteiger partial charge is 0.484 e. The summed E-state index contributed by atoms with van der Waals surface area (Å²) in [6.45, 7) is 6.12. The molecule has 140 valence electrons. The van der Waals surface area contributed by atoms with E-state index in [0.29, 0.717) is 22.4 Å². The lowest BCUT2D eigenvalue weighted by Gasteiger charge is -2.24. The second-order valence-electron chi connectivity index (χ2n) is 6.25. The molecule has 0 saturated heterocycles. The summed E-state index contributed by atoms with van der Waals surface area (Å²) < 4.78 is 5.50. The number of benzene rings is 1. The fourth-order valence-corrected chi connectivity index (χ4v) is 3.04. The maximum Gasteiger partial charge on any atom is 0.260 e. The van der Waals surface area contributed by atoms with Crippen LogP contribution in [0.1, 0.15) is 19.5 Å². The van der Waals surface area contributed by atoms with Crippen LogP contribution >= 0.6 is 22.9 Å². The molecule has 1 aromatic carbocycles. The molecule has 8 heteroatoms. The topological polar surface area (TPSA) is 71.5 Å². The second kappa shape index (κ2) is 9.54. The third kappa shape index (κ3) is 6.65. The van der Waals surface area contributed by atoms with Crippen LogP contribution < -0.4 is 10.1 Å².